The molecule has 0 aromatic heterocycles. The maximum atomic E-state index is 11.6. The number of rotatable bonds is 10. The van der Waals surface area contributed by atoms with Crippen molar-refractivity contribution in [1.82, 2.24) is 0 Å². The quantitative estimate of drug-likeness (QED) is 0.126. The summed E-state index contributed by atoms with van der Waals surface area (Å²) in [5, 5.41) is 9.02. The van der Waals surface area contributed by atoms with Gasteiger partial charge in [-0.15, -0.1) is 0 Å². The highest BCUT2D eigenvalue weighted by Crippen LogP contribution is 2.58. The second-order valence-corrected chi connectivity index (χ2v) is 13.6. The first-order valence-electron chi connectivity index (χ1n) is 16.7. The van der Waals surface area contributed by atoms with Gasteiger partial charge < -0.3 is 19.3 Å². The molecular weight excluding hydrogens is 548 g/mol. The van der Waals surface area contributed by atoms with Crippen LogP contribution in [0.15, 0.2) is 23.3 Å². The van der Waals surface area contributed by atoms with Crippen molar-refractivity contribution in [1.29, 1.82) is 0 Å². The molecule has 5 saturated carbocycles. The molecule has 8 nitrogen and oxygen atoms in total. The molecular formula is C35H52O8. The summed E-state index contributed by atoms with van der Waals surface area (Å²) >= 11 is 0. The van der Waals surface area contributed by atoms with E-state index in [1.54, 1.807) is 13.0 Å². The van der Waals surface area contributed by atoms with E-state index >= 15 is 0 Å². The zero-order valence-corrected chi connectivity index (χ0v) is 26.4. The zero-order valence-electron chi connectivity index (χ0n) is 26.4. The van der Waals surface area contributed by atoms with Gasteiger partial charge in [0.05, 0.1) is 39.1 Å². The average Bonchev–Trinajstić information content (AvgIpc) is 3.44. The second-order valence-electron chi connectivity index (χ2n) is 13.6. The van der Waals surface area contributed by atoms with E-state index in [9.17, 15) is 19.2 Å². The highest BCUT2D eigenvalue weighted by molar-refractivity contribution is 5.82. The lowest BCUT2D eigenvalue weighted by atomic mass is 9.76. The molecule has 1 unspecified atom stereocenters. The molecule has 240 valence electrons. The van der Waals surface area contributed by atoms with Crippen LogP contribution >= 0.6 is 0 Å². The van der Waals surface area contributed by atoms with E-state index in [4.69, 9.17) is 19.3 Å². The molecule has 43 heavy (non-hydrogen) atoms. The lowest BCUT2D eigenvalue weighted by Gasteiger charge is -2.29. The molecule has 5 fully saturated rings. The average molecular weight is 601 g/mol. The van der Waals surface area contributed by atoms with Gasteiger partial charge in [-0.1, -0.05) is 17.2 Å². The normalized spacial score (nSPS) is 33.3. The van der Waals surface area contributed by atoms with Crippen LogP contribution in [0.3, 0.4) is 0 Å². The first-order chi connectivity index (χ1) is 20.6. The molecule has 6 aliphatic carbocycles. The van der Waals surface area contributed by atoms with E-state index in [-0.39, 0.29) is 36.2 Å². The molecule has 6 aliphatic rings. The first kappa shape index (κ1) is 33.3. The summed E-state index contributed by atoms with van der Waals surface area (Å²) in [5.74, 6) is 3.50. The molecule has 8 heteroatoms. The van der Waals surface area contributed by atoms with Crippen molar-refractivity contribution in [3.05, 3.63) is 23.3 Å². The van der Waals surface area contributed by atoms with Crippen LogP contribution in [0.1, 0.15) is 111 Å². The van der Waals surface area contributed by atoms with Crippen LogP contribution in [0.5, 0.6) is 0 Å². The Bertz CT molecular complexity index is 1050. The summed E-state index contributed by atoms with van der Waals surface area (Å²) in [5.41, 5.74) is 2.29. The molecule has 6 rings (SSSR count). The number of carboxylic acid groups (broad SMARTS) is 1. The fraction of sp³-hybridized carbons (Fsp3) is 0.771. The maximum Gasteiger partial charge on any atom is 0.330 e. The maximum absolute atomic E-state index is 11.6. The van der Waals surface area contributed by atoms with Gasteiger partial charge in [0.1, 0.15) is 0 Å². The molecule has 0 amide bonds. The lowest BCUT2D eigenvalue weighted by Crippen LogP contribution is -2.26. The van der Waals surface area contributed by atoms with Gasteiger partial charge in [-0.25, -0.2) is 4.79 Å². The minimum atomic E-state index is -0.796. The van der Waals surface area contributed by atoms with Crippen LogP contribution in [0, 0.1) is 40.9 Å². The van der Waals surface area contributed by atoms with E-state index < -0.39 is 5.97 Å². The number of hydrogen-bond acceptors (Lipinski definition) is 7. The Morgan fingerprint density at radius 1 is 0.744 bits per heavy atom. The summed E-state index contributed by atoms with van der Waals surface area (Å²) < 4.78 is 14.8. The molecule has 0 saturated heterocycles. The topological polar surface area (TPSA) is 116 Å². The summed E-state index contributed by atoms with van der Waals surface area (Å²) in [6.07, 6.45) is 18.0. The first-order valence-corrected chi connectivity index (χ1v) is 16.7. The minimum absolute atomic E-state index is 0.0601. The van der Waals surface area contributed by atoms with Gasteiger partial charge in [-0.05, 0) is 132 Å². The molecule has 0 radical (unpaired) electrons. The number of carbonyl (C=O) groups excluding carboxylic acids is 3. The van der Waals surface area contributed by atoms with Crippen LogP contribution in [0.25, 0.3) is 0 Å². The Labute approximate surface area is 257 Å². The second kappa shape index (κ2) is 15.4. The zero-order chi connectivity index (χ0) is 31.0. The number of allylic oxidation sites excluding steroid dienone is 2. The number of hydrogen-bond donors (Lipinski definition) is 1. The molecule has 0 heterocycles. The lowest BCUT2D eigenvalue weighted by molar-refractivity contribution is -0.148. The molecule has 0 spiro atoms. The summed E-state index contributed by atoms with van der Waals surface area (Å²) in [7, 11) is 0. The number of carbonyl (C=O) groups is 4. The van der Waals surface area contributed by atoms with Gasteiger partial charge in [0.25, 0.3) is 0 Å². The van der Waals surface area contributed by atoms with E-state index in [0.29, 0.717) is 38.1 Å². The number of carboxylic acids is 1. The Balaban J connectivity index is 0.000000150. The smallest absolute Gasteiger partial charge is 0.330 e. The molecule has 0 bridgehead atoms. The van der Waals surface area contributed by atoms with Gasteiger partial charge in [0.2, 0.25) is 0 Å². The van der Waals surface area contributed by atoms with Gasteiger partial charge >= 0.3 is 23.9 Å². The Hall–Kier alpha value is -2.64. The van der Waals surface area contributed by atoms with Gasteiger partial charge in [0, 0.05) is 6.08 Å². The molecule has 0 aliphatic heterocycles. The van der Waals surface area contributed by atoms with Crippen molar-refractivity contribution in [3.63, 3.8) is 0 Å². The Morgan fingerprint density at radius 3 is 1.74 bits per heavy atom. The van der Waals surface area contributed by atoms with Crippen molar-refractivity contribution in [2.24, 2.45) is 40.9 Å². The van der Waals surface area contributed by atoms with E-state index in [0.717, 1.165) is 55.8 Å². The predicted octanol–water partition coefficient (Wildman–Crippen LogP) is 6.81. The summed E-state index contributed by atoms with van der Waals surface area (Å²) in [4.78, 5) is 44.9. The van der Waals surface area contributed by atoms with E-state index in [2.05, 4.69) is 6.08 Å². The number of fused-ring (bicyclic) bond motifs is 3. The SMILES string of the molecule is CCOC(=O)C=C1C[C@H]2CC[C@H]2C1.CCOC(=O)CC1(CC(=O)O)C[C@H]2CC[C@H]2C1.CCOC(=O)CC1=C[C@H]2CC[C@H]2C1. The molecule has 7 atom stereocenters. The van der Waals surface area contributed by atoms with Gasteiger partial charge in [0.15, 0.2) is 0 Å². The van der Waals surface area contributed by atoms with Gasteiger partial charge in [-0.2, -0.15) is 0 Å². The fourth-order valence-corrected chi connectivity index (χ4v) is 8.27. The summed E-state index contributed by atoms with van der Waals surface area (Å²) in [6.45, 7) is 6.82. The van der Waals surface area contributed by atoms with E-state index in [1.165, 1.54) is 49.7 Å². The third kappa shape index (κ3) is 9.18. The Kier molecular flexibility index (Phi) is 11.9. The van der Waals surface area contributed by atoms with Crippen LogP contribution in [-0.2, 0) is 33.4 Å². The largest absolute Gasteiger partial charge is 0.481 e. The monoisotopic (exact) mass is 600 g/mol. The number of aliphatic carboxylic acids is 1. The molecule has 0 aromatic rings. The third-order valence-corrected chi connectivity index (χ3v) is 10.7. The highest BCUT2D eigenvalue weighted by atomic mass is 16.5. The predicted molar refractivity (Wildman–Crippen MR) is 162 cm³/mol. The van der Waals surface area contributed by atoms with Crippen molar-refractivity contribution in [2.75, 3.05) is 19.8 Å². The number of ether oxygens (including phenoxy) is 3. The van der Waals surface area contributed by atoms with Crippen molar-refractivity contribution in [3.8, 4) is 0 Å². The van der Waals surface area contributed by atoms with E-state index in [1.807, 2.05) is 13.8 Å². The van der Waals surface area contributed by atoms with Crippen LogP contribution in [0.2, 0.25) is 0 Å². The number of esters is 3. The van der Waals surface area contributed by atoms with Crippen molar-refractivity contribution >= 4 is 23.9 Å². The standard InChI is InChI=1S/C13H20O4.2C11H16O2/c1-2-17-12(16)8-13(7-11(14)15)5-9-3-4-10(9)6-13;2*1-2-13-11(12)7-8-5-9-3-4-10(9)6-8/h9-10H,2-8H2,1H3,(H,14,15);7,9-10H,2-6H2,1H3;5,9-10H,2-4,6-7H2,1H3/t9-,10+,13?;2*9-,10+/m..1/s1. The van der Waals surface area contributed by atoms with Crippen molar-refractivity contribution < 1.29 is 38.5 Å². The third-order valence-electron chi connectivity index (χ3n) is 10.7. The molecule has 1 N–H and O–H groups in total. The highest BCUT2D eigenvalue weighted by Gasteiger charge is 2.51. The summed E-state index contributed by atoms with van der Waals surface area (Å²) in [6, 6.07) is 0. The van der Waals surface area contributed by atoms with Crippen LogP contribution in [-0.4, -0.2) is 48.8 Å². The minimum Gasteiger partial charge on any atom is -0.481 e. The Morgan fingerprint density at radius 2 is 1.30 bits per heavy atom. The fourth-order valence-electron chi connectivity index (χ4n) is 8.27. The molecule has 0 aromatic carbocycles. The van der Waals surface area contributed by atoms with Crippen molar-refractivity contribution in [2.45, 2.75) is 111 Å². The van der Waals surface area contributed by atoms with Gasteiger partial charge in [-0.3, -0.25) is 14.4 Å². The van der Waals surface area contributed by atoms with Crippen LogP contribution in [0.4, 0.5) is 0 Å². The van der Waals surface area contributed by atoms with Crippen LogP contribution < -0.4 is 0 Å².